The summed E-state index contributed by atoms with van der Waals surface area (Å²) < 4.78 is 1.12. The predicted octanol–water partition coefficient (Wildman–Crippen LogP) is 3.15. The Bertz CT molecular complexity index is 399. The summed E-state index contributed by atoms with van der Waals surface area (Å²) in [5.74, 6) is 0. The van der Waals surface area contributed by atoms with E-state index in [9.17, 15) is 0 Å². The molecule has 1 aromatic rings. The van der Waals surface area contributed by atoms with E-state index in [1.807, 2.05) is 7.05 Å². The Kier molecular flexibility index (Phi) is 3.91. The first kappa shape index (κ1) is 13.1. The molecular formula is C14H21BrN2. The van der Waals surface area contributed by atoms with Gasteiger partial charge < -0.3 is 11.1 Å². The largest absolute Gasteiger partial charge is 0.323 e. The summed E-state index contributed by atoms with van der Waals surface area (Å²) in [5.41, 5.74) is 9.38. The highest BCUT2D eigenvalue weighted by molar-refractivity contribution is 9.10. The van der Waals surface area contributed by atoms with Gasteiger partial charge in [0.15, 0.2) is 0 Å². The number of nitrogens with two attached hydrogens (primary N) is 1. The van der Waals surface area contributed by atoms with E-state index in [4.69, 9.17) is 5.73 Å². The quantitative estimate of drug-likeness (QED) is 0.896. The summed E-state index contributed by atoms with van der Waals surface area (Å²) in [6, 6.07) is 6.54. The number of rotatable bonds is 4. The first-order valence-electron chi connectivity index (χ1n) is 6.25. The van der Waals surface area contributed by atoms with Gasteiger partial charge in [0.2, 0.25) is 0 Å². The van der Waals surface area contributed by atoms with Crippen LogP contribution in [0.1, 0.15) is 36.4 Å². The summed E-state index contributed by atoms with van der Waals surface area (Å²) >= 11 is 3.54. The zero-order valence-electron chi connectivity index (χ0n) is 10.6. The average molecular weight is 297 g/mol. The molecule has 0 saturated heterocycles. The molecule has 0 aromatic heterocycles. The van der Waals surface area contributed by atoms with Crippen LogP contribution in [-0.2, 0) is 0 Å². The topological polar surface area (TPSA) is 38.0 Å². The molecule has 1 fully saturated rings. The molecule has 0 spiro atoms. The van der Waals surface area contributed by atoms with Crippen molar-refractivity contribution in [3.63, 3.8) is 0 Å². The molecule has 3 N–H and O–H groups in total. The molecule has 0 bridgehead atoms. The van der Waals surface area contributed by atoms with Crippen LogP contribution < -0.4 is 11.1 Å². The second-order valence-electron chi connectivity index (χ2n) is 5.22. The Labute approximate surface area is 112 Å². The van der Waals surface area contributed by atoms with Gasteiger partial charge in [-0.15, -0.1) is 0 Å². The fourth-order valence-corrected chi connectivity index (χ4v) is 3.24. The van der Waals surface area contributed by atoms with Crippen LogP contribution >= 0.6 is 15.9 Å². The van der Waals surface area contributed by atoms with Crippen molar-refractivity contribution in [3.05, 3.63) is 33.8 Å². The van der Waals surface area contributed by atoms with Crippen LogP contribution in [0.2, 0.25) is 0 Å². The van der Waals surface area contributed by atoms with E-state index < -0.39 is 0 Å². The lowest BCUT2D eigenvalue weighted by molar-refractivity contribution is 0.0944. The lowest BCUT2D eigenvalue weighted by atomic mass is 9.62. The molecule has 17 heavy (non-hydrogen) atoms. The molecule has 1 aromatic carbocycles. The minimum atomic E-state index is 0.140. The van der Waals surface area contributed by atoms with Crippen LogP contribution in [0, 0.1) is 12.3 Å². The van der Waals surface area contributed by atoms with Gasteiger partial charge in [-0.1, -0.05) is 28.4 Å². The second kappa shape index (κ2) is 5.09. The molecule has 1 atom stereocenters. The minimum absolute atomic E-state index is 0.140. The Balaban J connectivity index is 2.29. The Morgan fingerprint density at radius 1 is 1.47 bits per heavy atom. The predicted molar refractivity (Wildman–Crippen MR) is 76.0 cm³/mol. The molecule has 1 aliphatic rings. The lowest BCUT2D eigenvalue weighted by Crippen LogP contribution is -2.47. The molecule has 1 unspecified atom stereocenters. The van der Waals surface area contributed by atoms with Crippen LogP contribution in [0.5, 0.6) is 0 Å². The average Bonchev–Trinajstić information content (AvgIpc) is 2.26. The van der Waals surface area contributed by atoms with Gasteiger partial charge in [0, 0.05) is 22.5 Å². The number of benzene rings is 1. The number of nitrogens with one attached hydrogen (secondary N) is 1. The molecule has 3 heteroatoms. The summed E-state index contributed by atoms with van der Waals surface area (Å²) in [7, 11) is 2.01. The van der Waals surface area contributed by atoms with E-state index >= 15 is 0 Å². The standard InChI is InChI=1S/C14H21BrN2/c1-10-4-5-11(15)8-12(10)13(16)14(9-17-2)6-3-7-14/h4-5,8,13,17H,3,6-7,9,16H2,1-2H3. The minimum Gasteiger partial charge on any atom is -0.323 e. The molecule has 94 valence electrons. The molecule has 2 rings (SSSR count). The maximum Gasteiger partial charge on any atom is 0.0367 e. The summed E-state index contributed by atoms with van der Waals surface area (Å²) in [5, 5.41) is 3.30. The van der Waals surface area contributed by atoms with Crippen molar-refractivity contribution in [3.8, 4) is 0 Å². The maximum atomic E-state index is 6.53. The summed E-state index contributed by atoms with van der Waals surface area (Å²) in [6.07, 6.45) is 3.78. The lowest BCUT2D eigenvalue weighted by Gasteiger charge is -2.47. The van der Waals surface area contributed by atoms with Crippen LogP contribution in [0.15, 0.2) is 22.7 Å². The third kappa shape index (κ3) is 2.42. The van der Waals surface area contributed by atoms with Crippen molar-refractivity contribution in [1.29, 1.82) is 0 Å². The Morgan fingerprint density at radius 3 is 2.71 bits per heavy atom. The number of aryl methyl sites for hydroxylation is 1. The number of halogens is 1. The highest BCUT2D eigenvalue weighted by Crippen LogP contribution is 2.49. The van der Waals surface area contributed by atoms with Crippen molar-refractivity contribution in [2.45, 2.75) is 32.2 Å². The molecule has 0 aliphatic heterocycles. The molecule has 2 nitrogen and oxygen atoms in total. The van der Waals surface area contributed by atoms with E-state index in [0.29, 0.717) is 0 Å². The van der Waals surface area contributed by atoms with Gasteiger partial charge in [0.05, 0.1) is 0 Å². The number of hydrogen-bond donors (Lipinski definition) is 2. The third-order valence-electron chi connectivity index (χ3n) is 4.11. The fourth-order valence-electron chi connectivity index (χ4n) is 2.86. The van der Waals surface area contributed by atoms with Gasteiger partial charge in [0.1, 0.15) is 0 Å². The molecule has 1 saturated carbocycles. The van der Waals surface area contributed by atoms with Crippen molar-refractivity contribution in [1.82, 2.24) is 5.32 Å². The molecular weight excluding hydrogens is 276 g/mol. The smallest absolute Gasteiger partial charge is 0.0367 e. The second-order valence-corrected chi connectivity index (χ2v) is 6.14. The van der Waals surface area contributed by atoms with Gasteiger partial charge in [-0.3, -0.25) is 0 Å². The molecule has 0 radical (unpaired) electrons. The van der Waals surface area contributed by atoms with E-state index in [0.717, 1.165) is 11.0 Å². The highest BCUT2D eigenvalue weighted by atomic mass is 79.9. The van der Waals surface area contributed by atoms with Gasteiger partial charge in [0.25, 0.3) is 0 Å². The normalized spacial score (nSPS) is 19.8. The SMILES string of the molecule is CNCC1(C(N)c2cc(Br)ccc2C)CCC1. The van der Waals surface area contributed by atoms with Crippen molar-refractivity contribution >= 4 is 15.9 Å². The van der Waals surface area contributed by atoms with Gasteiger partial charge in [-0.2, -0.15) is 0 Å². The first-order valence-corrected chi connectivity index (χ1v) is 7.04. The Hall–Kier alpha value is -0.380. The van der Waals surface area contributed by atoms with Gasteiger partial charge >= 0.3 is 0 Å². The zero-order chi connectivity index (χ0) is 12.5. The fraction of sp³-hybridized carbons (Fsp3) is 0.571. The van der Waals surface area contributed by atoms with Crippen LogP contribution in [0.4, 0.5) is 0 Å². The van der Waals surface area contributed by atoms with Crippen molar-refractivity contribution in [2.75, 3.05) is 13.6 Å². The Morgan fingerprint density at radius 2 is 2.18 bits per heavy atom. The number of hydrogen-bond acceptors (Lipinski definition) is 2. The van der Waals surface area contributed by atoms with E-state index in [1.165, 1.54) is 30.4 Å². The first-order chi connectivity index (χ1) is 8.09. The van der Waals surface area contributed by atoms with Crippen LogP contribution in [0.3, 0.4) is 0 Å². The van der Waals surface area contributed by atoms with Crippen molar-refractivity contribution in [2.24, 2.45) is 11.1 Å². The zero-order valence-corrected chi connectivity index (χ0v) is 12.2. The third-order valence-corrected chi connectivity index (χ3v) is 4.61. The molecule has 0 heterocycles. The maximum absolute atomic E-state index is 6.53. The summed E-state index contributed by atoms with van der Waals surface area (Å²) in [6.45, 7) is 3.16. The molecule has 1 aliphatic carbocycles. The highest BCUT2D eigenvalue weighted by Gasteiger charge is 2.42. The van der Waals surface area contributed by atoms with Gasteiger partial charge in [-0.25, -0.2) is 0 Å². The monoisotopic (exact) mass is 296 g/mol. The summed E-state index contributed by atoms with van der Waals surface area (Å²) in [4.78, 5) is 0. The van der Waals surface area contributed by atoms with E-state index in [1.54, 1.807) is 0 Å². The molecule has 0 amide bonds. The van der Waals surface area contributed by atoms with E-state index in [-0.39, 0.29) is 11.5 Å². The van der Waals surface area contributed by atoms with E-state index in [2.05, 4.69) is 46.4 Å². The van der Waals surface area contributed by atoms with Crippen molar-refractivity contribution < 1.29 is 0 Å². The van der Waals surface area contributed by atoms with Crippen LogP contribution in [-0.4, -0.2) is 13.6 Å². The van der Waals surface area contributed by atoms with Gasteiger partial charge in [-0.05, 0) is 50.1 Å². The van der Waals surface area contributed by atoms with Crippen LogP contribution in [0.25, 0.3) is 0 Å².